The van der Waals surface area contributed by atoms with E-state index in [0.29, 0.717) is 0 Å². The molecule has 3 atom stereocenters. The molecule has 2 heteroatoms. The summed E-state index contributed by atoms with van der Waals surface area (Å²) in [5.74, 6) is 2.60. The molecule has 108 valence electrons. The SMILES string of the molecule is CCc1ccc(CC2CC(C(C)C)CCC2NC)s1. The average Bonchev–Trinajstić information content (AvgIpc) is 2.86. The van der Waals surface area contributed by atoms with Crippen molar-refractivity contribution in [3.63, 3.8) is 0 Å². The summed E-state index contributed by atoms with van der Waals surface area (Å²) in [6, 6.07) is 5.40. The third kappa shape index (κ3) is 3.82. The van der Waals surface area contributed by atoms with Crippen LogP contribution in [0.4, 0.5) is 0 Å². The molecule has 1 heterocycles. The number of aryl methyl sites for hydroxylation is 1. The largest absolute Gasteiger partial charge is 0.317 e. The smallest absolute Gasteiger partial charge is 0.00960 e. The zero-order valence-corrected chi connectivity index (χ0v) is 13.7. The normalized spacial score (nSPS) is 27.9. The van der Waals surface area contributed by atoms with Crippen LogP contribution in [0.25, 0.3) is 0 Å². The molecule has 0 saturated heterocycles. The van der Waals surface area contributed by atoms with E-state index in [4.69, 9.17) is 0 Å². The first kappa shape index (κ1) is 15.1. The Morgan fingerprint density at radius 1 is 1.26 bits per heavy atom. The summed E-state index contributed by atoms with van der Waals surface area (Å²) in [5, 5.41) is 3.56. The Morgan fingerprint density at radius 2 is 2.00 bits per heavy atom. The Morgan fingerprint density at radius 3 is 2.58 bits per heavy atom. The molecule has 1 nitrogen and oxygen atoms in total. The van der Waals surface area contributed by atoms with Crippen LogP contribution in [0.5, 0.6) is 0 Å². The quantitative estimate of drug-likeness (QED) is 0.836. The lowest BCUT2D eigenvalue weighted by Crippen LogP contribution is -2.40. The van der Waals surface area contributed by atoms with E-state index in [9.17, 15) is 0 Å². The van der Waals surface area contributed by atoms with Gasteiger partial charge in [0.1, 0.15) is 0 Å². The molecule has 1 aromatic heterocycles. The van der Waals surface area contributed by atoms with E-state index in [2.05, 4.69) is 45.3 Å². The maximum absolute atomic E-state index is 3.56. The van der Waals surface area contributed by atoms with Gasteiger partial charge in [-0.25, -0.2) is 0 Å². The minimum absolute atomic E-state index is 0.724. The van der Waals surface area contributed by atoms with Crippen molar-refractivity contribution in [2.45, 2.75) is 58.9 Å². The summed E-state index contributed by atoms with van der Waals surface area (Å²) in [5.41, 5.74) is 0. The predicted octanol–water partition coefficient (Wildman–Crippen LogP) is 4.51. The zero-order chi connectivity index (χ0) is 13.8. The van der Waals surface area contributed by atoms with Gasteiger partial charge in [-0.3, -0.25) is 0 Å². The van der Waals surface area contributed by atoms with E-state index in [1.807, 2.05) is 11.3 Å². The Kier molecular flexibility index (Phi) is 5.47. The van der Waals surface area contributed by atoms with Crippen molar-refractivity contribution in [3.05, 3.63) is 21.9 Å². The van der Waals surface area contributed by atoms with Crippen molar-refractivity contribution in [1.82, 2.24) is 5.32 Å². The molecule has 0 spiro atoms. The first-order valence-electron chi connectivity index (χ1n) is 7.88. The van der Waals surface area contributed by atoms with E-state index >= 15 is 0 Å². The Bertz CT molecular complexity index is 382. The van der Waals surface area contributed by atoms with Crippen molar-refractivity contribution in [2.75, 3.05) is 7.05 Å². The van der Waals surface area contributed by atoms with Gasteiger partial charge in [-0.05, 0) is 69.0 Å². The minimum Gasteiger partial charge on any atom is -0.317 e. The van der Waals surface area contributed by atoms with E-state index in [-0.39, 0.29) is 0 Å². The van der Waals surface area contributed by atoms with Crippen molar-refractivity contribution in [2.24, 2.45) is 17.8 Å². The predicted molar refractivity (Wildman–Crippen MR) is 85.9 cm³/mol. The Hall–Kier alpha value is -0.340. The summed E-state index contributed by atoms with van der Waals surface area (Å²) in [4.78, 5) is 3.12. The highest BCUT2D eigenvalue weighted by molar-refractivity contribution is 7.11. The molecule has 1 fully saturated rings. The summed E-state index contributed by atoms with van der Waals surface area (Å²) in [6.45, 7) is 7.03. The fourth-order valence-electron chi connectivity index (χ4n) is 3.49. The van der Waals surface area contributed by atoms with Gasteiger partial charge in [0.2, 0.25) is 0 Å². The van der Waals surface area contributed by atoms with Crippen molar-refractivity contribution in [3.8, 4) is 0 Å². The Balaban J connectivity index is 2.01. The van der Waals surface area contributed by atoms with Gasteiger partial charge in [-0.15, -0.1) is 11.3 Å². The standard InChI is InChI=1S/C17H29NS/c1-5-15-7-8-16(19-15)11-14-10-13(12(2)3)6-9-17(14)18-4/h7-8,12-14,17-18H,5-6,9-11H2,1-4H3. The van der Waals surface area contributed by atoms with Gasteiger partial charge in [0.05, 0.1) is 0 Å². The van der Waals surface area contributed by atoms with Gasteiger partial charge >= 0.3 is 0 Å². The second kappa shape index (κ2) is 6.90. The van der Waals surface area contributed by atoms with Crippen LogP contribution in [0.2, 0.25) is 0 Å². The minimum atomic E-state index is 0.724. The molecule has 1 aliphatic carbocycles. The van der Waals surface area contributed by atoms with Gasteiger partial charge in [0, 0.05) is 15.8 Å². The molecule has 0 aliphatic heterocycles. The van der Waals surface area contributed by atoms with Gasteiger partial charge in [0.15, 0.2) is 0 Å². The number of nitrogens with one attached hydrogen (secondary N) is 1. The first-order chi connectivity index (χ1) is 9.13. The lowest BCUT2D eigenvalue weighted by atomic mass is 9.72. The molecule has 1 N–H and O–H groups in total. The van der Waals surface area contributed by atoms with Crippen molar-refractivity contribution < 1.29 is 0 Å². The van der Waals surface area contributed by atoms with Crippen LogP contribution in [0.3, 0.4) is 0 Å². The number of hydrogen-bond donors (Lipinski definition) is 1. The maximum atomic E-state index is 3.56. The van der Waals surface area contributed by atoms with E-state index in [1.54, 1.807) is 4.88 Å². The molecular weight excluding hydrogens is 250 g/mol. The summed E-state index contributed by atoms with van der Waals surface area (Å²) < 4.78 is 0. The third-order valence-electron chi connectivity index (χ3n) is 4.87. The molecule has 0 bridgehead atoms. The zero-order valence-electron chi connectivity index (χ0n) is 12.9. The van der Waals surface area contributed by atoms with E-state index < -0.39 is 0 Å². The fraction of sp³-hybridized carbons (Fsp3) is 0.765. The van der Waals surface area contributed by atoms with E-state index in [1.165, 1.54) is 37.0 Å². The summed E-state index contributed by atoms with van der Waals surface area (Å²) in [7, 11) is 2.14. The monoisotopic (exact) mass is 279 g/mol. The maximum Gasteiger partial charge on any atom is 0.00960 e. The van der Waals surface area contributed by atoms with Gasteiger partial charge < -0.3 is 5.32 Å². The Labute approximate surface area is 122 Å². The van der Waals surface area contributed by atoms with Gasteiger partial charge in [-0.1, -0.05) is 20.8 Å². The second-order valence-electron chi connectivity index (χ2n) is 6.40. The number of hydrogen-bond acceptors (Lipinski definition) is 2. The highest BCUT2D eigenvalue weighted by atomic mass is 32.1. The molecule has 0 radical (unpaired) electrons. The topological polar surface area (TPSA) is 12.0 Å². The summed E-state index contributed by atoms with van der Waals surface area (Å²) in [6.07, 6.45) is 6.63. The first-order valence-corrected chi connectivity index (χ1v) is 8.70. The molecular formula is C17H29NS. The van der Waals surface area contributed by atoms with Gasteiger partial charge in [-0.2, -0.15) is 0 Å². The molecule has 1 aromatic rings. The average molecular weight is 279 g/mol. The molecule has 0 aromatic carbocycles. The lowest BCUT2D eigenvalue weighted by Gasteiger charge is -2.37. The fourth-order valence-corrected chi connectivity index (χ4v) is 4.54. The lowest BCUT2D eigenvalue weighted by molar-refractivity contribution is 0.173. The molecule has 3 unspecified atom stereocenters. The van der Waals surface area contributed by atoms with Crippen LogP contribution in [-0.2, 0) is 12.8 Å². The van der Waals surface area contributed by atoms with Crippen molar-refractivity contribution in [1.29, 1.82) is 0 Å². The molecule has 1 aliphatic rings. The van der Waals surface area contributed by atoms with Crippen LogP contribution in [0.1, 0.15) is 49.8 Å². The molecule has 2 rings (SSSR count). The van der Waals surface area contributed by atoms with E-state index in [0.717, 1.165) is 23.8 Å². The molecule has 1 saturated carbocycles. The highest BCUT2D eigenvalue weighted by Gasteiger charge is 2.31. The number of rotatable bonds is 5. The molecule has 19 heavy (non-hydrogen) atoms. The number of thiophene rings is 1. The third-order valence-corrected chi connectivity index (χ3v) is 6.12. The van der Waals surface area contributed by atoms with Crippen LogP contribution in [-0.4, -0.2) is 13.1 Å². The van der Waals surface area contributed by atoms with Crippen LogP contribution in [0, 0.1) is 17.8 Å². The van der Waals surface area contributed by atoms with Gasteiger partial charge in [0.25, 0.3) is 0 Å². The van der Waals surface area contributed by atoms with Crippen molar-refractivity contribution >= 4 is 11.3 Å². The van der Waals surface area contributed by atoms with Crippen LogP contribution in [0.15, 0.2) is 12.1 Å². The van der Waals surface area contributed by atoms with Crippen LogP contribution >= 0.6 is 11.3 Å². The second-order valence-corrected chi connectivity index (χ2v) is 7.65. The summed E-state index contributed by atoms with van der Waals surface area (Å²) >= 11 is 2.02. The molecule has 0 amide bonds. The highest BCUT2D eigenvalue weighted by Crippen LogP contribution is 2.36. The van der Waals surface area contributed by atoms with Crippen LogP contribution < -0.4 is 5.32 Å².